The van der Waals surface area contributed by atoms with Crippen molar-refractivity contribution >= 4 is 34.7 Å². The van der Waals surface area contributed by atoms with E-state index in [0.29, 0.717) is 6.04 Å². The quantitative estimate of drug-likeness (QED) is 0.702. The predicted octanol–water partition coefficient (Wildman–Crippen LogP) is 5.23. The van der Waals surface area contributed by atoms with E-state index in [4.69, 9.17) is 11.6 Å². The lowest BCUT2D eigenvalue weighted by atomic mass is 10.2. The van der Waals surface area contributed by atoms with Crippen molar-refractivity contribution in [2.75, 3.05) is 12.3 Å². The van der Waals surface area contributed by atoms with Gasteiger partial charge in [0.15, 0.2) is 0 Å². The van der Waals surface area contributed by atoms with Gasteiger partial charge in [-0.2, -0.15) is 0 Å². The summed E-state index contributed by atoms with van der Waals surface area (Å²) in [7, 11) is 0. The summed E-state index contributed by atoms with van der Waals surface area (Å²) in [4.78, 5) is 2.55. The zero-order valence-electron chi connectivity index (χ0n) is 10.9. The van der Waals surface area contributed by atoms with Crippen molar-refractivity contribution in [2.24, 2.45) is 0 Å². The molecule has 1 N–H and O–H groups in total. The van der Waals surface area contributed by atoms with Crippen LogP contribution in [-0.4, -0.2) is 12.3 Å². The Kier molecular flexibility index (Phi) is 6.24. The number of nitrogens with one attached hydrogen (secondary N) is 1. The van der Waals surface area contributed by atoms with E-state index in [2.05, 4.69) is 41.9 Å². The normalized spacial score (nSPS) is 12.5. The molecule has 1 atom stereocenters. The minimum absolute atomic E-state index is 0.331. The summed E-state index contributed by atoms with van der Waals surface area (Å²) < 4.78 is 0. The molecule has 1 unspecified atom stereocenters. The molecule has 0 spiro atoms. The molecule has 0 radical (unpaired) electrons. The van der Waals surface area contributed by atoms with Gasteiger partial charge in [0.1, 0.15) is 0 Å². The van der Waals surface area contributed by atoms with Crippen LogP contribution < -0.4 is 5.32 Å². The third-order valence-corrected chi connectivity index (χ3v) is 5.34. The Balaban J connectivity index is 2.00. The Labute approximate surface area is 128 Å². The van der Waals surface area contributed by atoms with Crippen LogP contribution in [0.2, 0.25) is 5.02 Å². The highest BCUT2D eigenvalue weighted by molar-refractivity contribution is 7.99. The predicted molar refractivity (Wildman–Crippen MR) is 87.5 cm³/mol. The molecule has 0 aliphatic carbocycles. The Hall–Kier alpha value is -0.480. The van der Waals surface area contributed by atoms with E-state index in [-0.39, 0.29) is 0 Å². The van der Waals surface area contributed by atoms with E-state index in [1.54, 1.807) is 11.3 Å². The second kappa shape index (κ2) is 7.95. The van der Waals surface area contributed by atoms with Crippen LogP contribution in [0.4, 0.5) is 0 Å². The zero-order valence-corrected chi connectivity index (χ0v) is 13.3. The second-order valence-corrected chi connectivity index (χ2v) is 6.71. The first-order chi connectivity index (χ1) is 9.31. The molecule has 0 amide bonds. The molecule has 2 rings (SSSR count). The lowest BCUT2D eigenvalue weighted by Crippen LogP contribution is -2.23. The molecule has 0 bridgehead atoms. The Bertz CT molecular complexity index is 484. The van der Waals surface area contributed by atoms with Gasteiger partial charge < -0.3 is 5.32 Å². The first kappa shape index (κ1) is 14.9. The fourth-order valence-corrected chi connectivity index (χ4v) is 4.16. The van der Waals surface area contributed by atoms with Gasteiger partial charge in [-0.05, 0) is 36.5 Å². The van der Waals surface area contributed by atoms with Crippen LogP contribution in [-0.2, 0) is 0 Å². The minimum atomic E-state index is 0.331. The summed E-state index contributed by atoms with van der Waals surface area (Å²) in [5.74, 6) is 1.00. The molecule has 0 aliphatic rings. The fourth-order valence-electron chi connectivity index (χ4n) is 1.80. The highest BCUT2D eigenvalue weighted by Crippen LogP contribution is 2.32. The number of halogens is 1. The number of rotatable bonds is 7. The van der Waals surface area contributed by atoms with Crippen molar-refractivity contribution in [1.82, 2.24) is 5.32 Å². The SMILES string of the molecule is CCCNC(CSc1ccccc1)c1sccc1Cl. The van der Waals surface area contributed by atoms with Gasteiger partial charge in [0.25, 0.3) is 0 Å². The maximum Gasteiger partial charge on any atom is 0.0561 e. The van der Waals surface area contributed by atoms with Crippen LogP contribution in [0.1, 0.15) is 24.3 Å². The van der Waals surface area contributed by atoms with Crippen LogP contribution in [0.5, 0.6) is 0 Å². The maximum atomic E-state index is 6.26. The van der Waals surface area contributed by atoms with Crippen molar-refractivity contribution in [3.63, 3.8) is 0 Å². The average Bonchev–Trinajstić information content (AvgIpc) is 2.86. The molecule has 19 heavy (non-hydrogen) atoms. The average molecular weight is 312 g/mol. The summed E-state index contributed by atoms with van der Waals surface area (Å²) in [5, 5.41) is 6.53. The van der Waals surface area contributed by atoms with Gasteiger partial charge in [-0.3, -0.25) is 0 Å². The van der Waals surface area contributed by atoms with Gasteiger partial charge >= 0.3 is 0 Å². The molecule has 0 aliphatic heterocycles. The number of thioether (sulfide) groups is 1. The summed E-state index contributed by atoms with van der Waals surface area (Å²) in [6.07, 6.45) is 1.13. The first-order valence-electron chi connectivity index (χ1n) is 6.45. The van der Waals surface area contributed by atoms with Gasteiger partial charge in [0.2, 0.25) is 0 Å². The van der Waals surface area contributed by atoms with E-state index in [0.717, 1.165) is 23.7 Å². The molecule has 1 nitrogen and oxygen atoms in total. The molecule has 1 aromatic carbocycles. The van der Waals surface area contributed by atoms with Crippen LogP contribution in [0.15, 0.2) is 46.7 Å². The molecule has 2 aromatic rings. The fraction of sp³-hybridized carbons (Fsp3) is 0.333. The molecule has 1 aromatic heterocycles. The molecule has 0 saturated heterocycles. The Morgan fingerprint density at radius 1 is 1.26 bits per heavy atom. The summed E-state index contributed by atoms with van der Waals surface area (Å²) in [6.45, 7) is 3.21. The zero-order chi connectivity index (χ0) is 13.5. The van der Waals surface area contributed by atoms with Crippen molar-refractivity contribution in [2.45, 2.75) is 24.3 Å². The third kappa shape index (κ3) is 4.53. The lowest BCUT2D eigenvalue weighted by molar-refractivity contribution is 0.585. The molecule has 102 valence electrons. The van der Waals surface area contributed by atoms with Gasteiger partial charge in [0.05, 0.1) is 11.1 Å². The number of hydrogen-bond donors (Lipinski definition) is 1. The van der Waals surface area contributed by atoms with Crippen LogP contribution in [0.25, 0.3) is 0 Å². The monoisotopic (exact) mass is 311 g/mol. The first-order valence-corrected chi connectivity index (χ1v) is 8.69. The van der Waals surface area contributed by atoms with Crippen LogP contribution in [0.3, 0.4) is 0 Å². The van der Waals surface area contributed by atoms with E-state index in [1.807, 2.05) is 23.9 Å². The van der Waals surface area contributed by atoms with Crippen molar-refractivity contribution in [1.29, 1.82) is 0 Å². The van der Waals surface area contributed by atoms with E-state index in [1.165, 1.54) is 9.77 Å². The van der Waals surface area contributed by atoms with Gasteiger partial charge in [-0.1, -0.05) is 36.7 Å². The standard InChI is InChI=1S/C15H18ClNS2/c1-2-9-17-14(15-13(16)8-10-18-15)11-19-12-6-4-3-5-7-12/h3-8,10,14,17H,2,9,11H2,1H3. The highest BCUT2D eigenvalue weighted by Gasteiger charge is 2.15. The second-order valence-electron chi connectivity index (χ2n) is 4.26. The van der Waals surface area contributed by atoms with Crippen molar-refractivity contribution in [3.8, 4) is 0 Å². The number of hydrogen-bond acceptors (Lipinski definition) is 3. The molecule has 0 fully saturated rings. The summed E-state index contributed by atoms with van der Waals surface area (Å²) >= 11 is 9.86. The van der Waals surface area contributed by atoms with Gasteiger partial charge in [0, 0.05) is 15.5 Å². The largest absolute Gasteiger partial charge is 0.309 e. The lowest BCUT2D eigenvalue weighted by Gasteiger charge is -2.17. The third-order valence-electron chi connectivity index (χ3n) is 2.76. The van der Waals surface area contributed by atoms with Gasteiger partial charge in [-0.25, -0.2) is 0 Å². The molecular formula is C15H18ClNS2. The smallest absolute Gasteiger partial charge is 0.0561 e. The van der Waals surface area contributed by atoms with Crippen LogP contribution >= 0.6 is 34.7 Å². The highest BCUT2D eigenvalue weighted by atomic mass is 35.5. The summed E-state index contributed by atoms with van der Waals surface area (Å²) in [6, 6.07) is 12.8. The summed E-state index contributed by atoms with van der Waals surface area (Å²) in [5.41, 5.74) is 0. The minimum Gasteiger partial charge on any atom is -0.309 e. The number of thiophene rings is 1. The Morgan fingerprint density at radius 3 is 2.68 bits per heavy atom. The van der Waals surface area contributed by atoms with Crippen molar-refractivity contribution in [3.05, 3.63) is 51.7 Å². The molecule has 0 saturated carbocycles. The van der Waals surface area contributed by atoms with Gasteiger partial charge in [-0.15, -0.1) is 23.1 Å². The van der Waals surface area contributed by atoms with E-state index >= 15 is 0 Å². The topological polar surface area (TPSA) is 12.0 Å². The number of benzene rings is 1. The van der Waals surface area contributed by atoms with E-state index in [9.17, 15) is 0 Å². The van der Waals surface area contributed by atoms with Crippen LogP contribution in [0, 0.1) is 0 Å². The van der Waals surface area contributed by atoms with E-state index < -0.39 is 0 Å². The molecule has 1 heterocycles. The Morgan fingerprint density at radius 2 is 2.05 bits per heavy atom. The van der Waals surface area contributed by atoms with Crippen molar-refractivity contribution < 1.29 is 0 Å². The molecular weight excluding hydrogens is 294 g/mol. The molecule has 4 heteroatoms. The maximum absolute atomic E-state index is 6.26.